The molecule has 3 nitrogen and oxygen atoms in total. The van der Waals surface area contributed by atoms with Crippen molar-refractivity contribution < 1.29 is 0 Å². The minimum atomic E-state index is 0.304. The Hall–Kier alpha value is -2.23. The van der Waals surface area contributed by atoms with Crippen LogP contribution in [0, 0.1) is 6.92 Å². The number of benzene rings is 2. The summed E-state index contributed by atoms with van der Waals surface area (Å²) in [6.07, 6.45) is 5.02. The first-order valence-electron chi connectivity index (χ1n) is 9.17. The molecule has 1 saturated heterocycles. The summed E-state index contributed by atoms with van der Waals surface area (Å²) in [5.74, 6) is 0. The van der Waals surface area contributed by atoms with Gasteiger partial charge >= 0.3 is 0 Å². The number of hydrogen-bond donors (Lipinski definition) is 1. The molecule has 3 heteroatoms. The molecule has 0 saturated carbocycles. The molecule has 0 spiro atoms. The van der Waals surface area contributed by atoms with E-state index >= 15 is 0 Å². The van der Waals surface area contributed by atoms with Crippen molar-refractivity contribution in [1.82, 2.24) is 15.2 Å². The second kappa shape index (κ2) is 7.34. The van der Waals surface area contributed by atoms with Gasteiger partial charge in [-0.3, -0.25) is 9.88 Å². The Kier molecular flexibility index (Phi) is 4.77. The van der Waals surface area contributed by atoms with Gasteiger partial charge in [-0.15, -0.1) is 0 Å². The molecular formula is C22H25N3. The first-order chi connectivity index (χ1) is 12.3. The molecule has 2 heterocycles. The fourth-order valence-corrected chi connectivity index (χ4v) is 3.88. The van der Waals surface area contributed by atoms with E-state index in [4.69, 9.17) is 0 Å². The van der Waals surface area contributed by atoms with Gasteiger partial charge in [-0.1, -0.05) is 36.4 Å². The maximum Gasteiger partial charge on any atom is 0.0605 e. The van der Waals surface area contributed by atoms with Crippen LogP contribution in [0.2, 0.25) is 0 Å². The lowest BCUT2D eigenvalue weighted by atomic mass is 9.92. The zero-order chi connectivity index (χ0) is 17.1. The number of fused-ring (bicyclic) bond motifs is 1. The minimum absolute atomic E-state index is 0.304. The predicted octanol–water partition coefficient (Wildman–Crippen LogP) is 3.93. The van der Waals surface area contributed by atoms with Crippen molar-refractivity contribution in [2.24, 2.45) is 0 Å². The molecule has 0 radical (unpaired) electrons. The van der Waals surface area contributed by atoms with E-state index in [1.807, 2.05) is 12.4 Å². The van der Waals surface area contributed by atoms with E-state index in [0.29, 0.717) is 6.04 Å². The first-order valence-corrected chi connectivity index (χ1v) is 9.17. The lowest BCUT2D eigenvalue weighted by Gasteiger charge is -2.32. The third-order valence-electron chi connectivity index (χ3n) is 5.20. The van der Waals surface area contributed by atoms with Gasteiger partial charge in [0, 0.05) is 37.4 Å². The molecule has 4 rings (SSSR count). The zero-order valence-electron chi connectivity index (χ0n) is 14.8. The SMILES string of the molecule is Cc1ccccc1C(c1ccc2cnccc2c1)N1CCCNCC1. The highest BCUT2D eigenvalue weighted by molar-refractivity contribution is 5.82. The maximum absolute atomic E-state index is 4.24. The van der Waals surface area contributed by atoms with Crippen molar-refractivity contribution >= 4 is 10.8 Å². The molecule has 0 amide bonds. The van der Waals surface area contributed by atoms with Gasteiger partial charge in [0.2, 0.25) is 0 Å². The van der Waals surface area contributed by atoms with Gasteiger partial charge in [-0.05, 0) is 54.1 Å². The topological polar surface area (TPSA) is 28.2 Å². The predicted molar refractivity (Wildman–Crippen MR) is 104 cm³/mol. The summed E-state index contributed by atoms with van der Waals surface area (Å²) >= 11 is 0. The van der Waals surface area contributed by atoms with E-state index in [9.17, 15) is 0 Å². The molecule has 1 fully saturated rings. The summed E-state index contributed by atoms with van der Waals surface area (Å²) in [5, 5.41) is 5.99. The highest BCUT2D eigenvalue weighted by Crippen LogP contribution is 2.32. The van der Waals surface area contributed by atoms with Gasteiger partial charge in [0.25, 0.3) is 0 Å². The number of nitrogens with zero attached hydrogens (tertiary/aromatic N) is 2. The Bertz CT molecular complexity index is 851. The molecule has 128 valence electrons. The number of aromatic nitrogens is 1. The molecule has 1 atom stereocenters. The quantitative estimate of drug-likeness (QED) is 0.788. The molecule has 1 aliphatic heterocycles. The Morgan fingerprint density at radius 1 is 1.00 bits per heavy atom. The van der Waals surface area contributed by atoms with Gasteiger partial charge in [-0.2, -0.15) is 0 Å². The Balaban J connectivity index is 1.81. The number of aryl methyl sites for hydroxylation is 1. The van der Waals surface area contributed by atoms with Crippen molar-refractivity contribution in [2.45, 2.75) is 19.4 Å². The Morgan fingerprint density at radius 3 is 2.84 bits per heavy atom. The lowest BCUT2D eigenvalue weighted by molar-refractivity contribution is 0.240. The van der Waals surface area contributed by atoms with E-state index < -0.39 is 0 Å². The standard InChI is InChI=1S/C22H25N3/c1-17-5-2-3-6-21(17)22(25-13-4-10-23-12-14-25)19-7-8-20-16-24-11-9-18(20)15-19/h2-3,5-9,11,15-16,22-23H,4,10,12-14H2,1H3. The first kappa shape index (κ1) is 16.2. The van der Waals surface area contributed by atoms with E-state index in [0.717, 1.165) is 26.2 Å². The largest absolute Gasteiger partial charge is 0.315 e. The van der Waals surface area contributed by atoms with E-state index in [-0.39, 0.29) is 0 Å². The van der Waals surface area contributed by atoms with Crippen molar-refractivity contribution in [3.05, 3.63) is 77.6 Å². The maximum atomic E-state index is 4.24. The van der Waals surface area contributed by atoms with Crippen LogP contribution in [0.3, 0.4) is 0 Å². The van der Waals surface area contributed by atoms with E-state index in [1.54, 1.807) is 0 Å². The fourth-order valence-electron chi connectivity index (χ4n) is 3.88. The molecule has 2 aromatic carbocycles. The van der Waals surface area contributed by atoms with Gasteiger partial charge < -0.3 is 5.32 Å². The minimum Gasteiger partial charge on any atom is -0.315 e. The number of nitrogens with one attached hydrogen (secondary N) is 1. The van der Waals surface area contributed by atoms with Crippen molar-refractivity contribution in [2.75, 3.05) is 26.2 Å². The highest BCUT2D eigenvalue weighted by atomic mass is 15.2. The molecule has 1 N–H and O–H groups in total. The summed E-state index contributed by atoms with van der Waals surface area (Å²) in [4.78, 5) is 6.87. The van der Waals surface area contributed by atoms with E-state index in [1.165, 1.54) is 33.9 Å². The Morgan fingerprint density at radius 2 is 1.92 bits per heavy atom. The summed E-state index contributed by atoms with van der Waals surface area (Å²) in [6, 6.07) is 18.0. The Labute approximate surface area is 149 Å². The average molecular weight is 331 g/mol. The molecule has 25 heavy (non-hydrogen) atoms. The summed E-state index contributed by atoms with van der Waals surface area (Å²) in [7, 11) is 0. The fraction of sp³-hybridized carbons (Fsp3) is 0.318. The van der Waals surface area contributed by atoms with E-state index in [2.05, 4.69) is 70.7 Å². The van der Waals surface area contributed by atoms with Crippen LogP contribution >= 0.6 is 0 Å². The van der Waals surface area contributed by atoms with Crippen LogP contribution in [-0.4, -0.2) is 36.1 Å². The van der Waals surface area contributed by atoms with Crippen LogP contribution in [0.4, 0.5) is 0 Å². The highest BCUT2D eigenvalue weighted by Gasteiger charge is 2.24. The zero-order valence-corrected chi connectivity index (χ0v) is 14.8. The second-order valence-electron chi connectivity index (χ2n) is 6.88. The van der Waals surface area contributed by atoms with Gasteiger partial charge in [0.15, 0.2) is 0 Å². The monoisotopic (exact) mass is 331 g/mol. The van der Waals surface area contributed by atoms with Crippen LogP contribution < -0.4 is 5.32 Å². The van der Waals surface area contributed by atoms with Crippen molar-refractivity contribution in [3.63, 3.8) is 0 Å². The summed E-state index contributed by atoms with van der Waals surface area (Å²) in [5.41, 5.74) is 4.15. The molecule has 1 aromatic heterocycles. The van der Waals surface area contributed by atoms with Crippen LogP contribution in [0.5, 0.6) is 0 Å². The van der Waals surface area contributed by atoms with Gasteiger partial charge in [0.1, 0.15) is 0 Å². The van der Waals surface area contributed by atoms with Crippen molar-refractivity contribution in [1.29, 1.82) is 0 Å². The average Bonchev–Trinajstić information content (AvgIpc) is 2.93. The van der Waals surface area contributed by atoms with Crippen LogP contribution in [0.1, 0.15) is 29.2 Å². The number of pyridine rings is 1. The number of hydrogen-bond acceptors (Lipinski definition) is 3. The van der Waals surface area contributed by atoms with Crippen LogP contribution in [0.15, 0.2) is 60.9 Å². The summed E-state index contributed by atoms with van der Waals surface area (Å²) in [6.45, 7) is 6.59. The molecule has 1 aliphatic rings. The molecular weight excluding hydrogens is 306 g/mol. The van der Waals surface area contributed by atoms with Gasteiger partial charge in [-0.25, -0.2) is 0 Å². The normalized spacial score (nSPS) is 17.3. The molecule has 1 unspecified atom stereocenters. The third-order valence-corrected chi connectivity index (χ3v) is 5.20. The van der Waals surface area contributed by atoms with Gasteiger partial charge in [0.05, 0.1) is 6.04 Å². The second-order valence-corrected chi connectivity index (χ2v) is 6.88. The lowest BCUT2D eigenvalue weighted by Crippen LogP contribution is -2.33. The summed E-state index contributed by atoms with van der Waals surface area (Å²) < 4.78 is 0. The third kappa shape index (κ3) is 3.44. The molecule has 3 aromatic rings. The molecule has 0 aliphatic carbocycles. The van der Waals surface area contributed by atoms with Crippen molar-refractivity contribution in [3.8, 4) is 0 Å². The smallest absolute Gasteiger partial charge is 0.0605 e. The molecule has 0 bridgehead atoms. The van der Waals surface area contributed by atoms with Crippen LogP contribution in [-0.2, 0) is 0 Å². The van der Waals surface area contributed by atoms with Crippen LogP contribution in [0.25, 0.3) is 10.8 Å². The number of rotatable bonds is 3.